The van der Waals surface area contributed by atoms with Gasteiger partial charge in [0.1, 0.15) is 5.75 Å². The summed E-state index contributed by atoms with van der Waals surface area (Å²) in [6, 6.07) is 4.96. The second-order valence-electron chi connectivity index (χ2n) is 3.47. The highest BCUT2D eigenvalue weighted by Gasteiger charge is 2.07. The number of nitrogens with zero attached hydrogens (tertiary/aromatic N) is 1. The number of nitrogens with one attached hydrogen (secondary N) is 1. The lowest BCUT2D eigenvalue weighted by molar-refractivity contribution is -0.116. The summed E-state index contributed by atoms with van der Waals surface area (Å²) in [6.45, 7) is 1.95. The monoisotopic (exact) mass is 236 g/mol. The molecule has 0 aliphatic heterocycles. The van der Waals surface area contributed by atoms with E-state index < -0.39 is 0 Å². The highest BCUT2D eigenvalue weighted by molar-refractivity contribution is 7.22. The topological polar surface area (TPSA) is 62.2 Å². The van der Waals surface area contributed by atoms with Crippen LogP contribution in [-0.4, -0.2) is 16.0 Å². The molecule has 2 N–H and O–H groups in total. The van der Waals surface area contributed by atoms with Crippen molar-refractivity contribution in [3.63, 3.8) is 0 Å². The molecule has 5 heteroatoms. The number of thiazole rings is 1. The number of rotatable bonds is 3. The van der Waals surface area contributed by atoms with E-state index in [1.54, 1.807) is 18.2 Å². The normalized spacial score (nSPS) is 10.6. The van der Waals surface area contributed by atoms with Gasteiger partial charge in [0.05, 0.1) is 10.2 Å². The molecule has 16 heavy (non-hydrogen) atoms. The molecular weight excluding hydrogens is 224 g/mol. The van der Waals surface area contributed by atoms with E-state index in [0.717, 1.165) is 16.6 Å². The molecule has 0 aliphatic carbocycles. The van der Waals surface area contributed by atoms with Crippen molar-refractivity contribution in [2.24, 2.45) is 0 Å². The first-order valence-corrected chi connectivity index (χ1v) is 5.90. The molecular formula is C11H12N2O2S. The second kappa shape index (κ2) is 4.49. The van der Waals surface area contributed by atoms with Crippen LogP contribution in [0.3, 0.4) is 0 Å². The quantitative estimate of drug-likeness (QED) is 0.861. The lowest BCUT2D eigenvalue weighted by atomic mass is 10.3. The molecule has 1 aromatic carbocycles. The van der Waals surface area contributed by atoms with Crippen LogP contribution >= 0.6 is 11.3 Å². The molecule has 0 aliphatic rings. The van der Waals surface area contributed by atoms with Crippen molar-refractivity contribution in [3.05, 3.63) is 18.2 Å². The smallest absolute Gasteiger partial charge is 0.226 e. The summed E-state index contributed by atoms with van der Waals surface area (Å²) < 4.78 is 0.867. The predicted octanol–water partition coefficient (Wildman–Crippen LogP) is 2.74. The number of amides is 1. The summed E-state index contributed by atoms with van der Waals surface area (Å²) in [5.41, 5.74) is 0.787. The van der Waals surface area contributed by atoms with E-state index in [1.165, 1.54) is 11.3 Å². The van der Waals surface area contributed by atoms with Gasteiger partial charge in [0, 0.05) is 6.42 Å². The number of carbonyl (C=O) groups is 1. The summed E-state index contributed by atoms with van der Waals surface area (Å²) in [4.78, 5) is 15.6. The van der Waals surface area contributed by atoms with Gasteiger partial charge in [-0.05, 0) is 24.6 Å². The van der Waals surface area contributed by atoms with Crippen LogP contribution in [0, 0.1) is 0 Å². The Labute approximate surface area is 96.9 Å². The highest BCUT2D eigenvalue weighted by atomic mass is 32.1. The minimum absolute atomic E-state index is 0.0224. The van der Waals surface area contributed by atoms with Gasteiger partial charge in [-0.3, -0.25) is 4.79 Å². The first-order chi connectivity index (χ1) is 7.69. The van der Waals surface area contributed by atoms with Crippen molar-refractivity contribution in [3.8, 4) is 5.75 Å². The number of benzene rings is 1. The number of anilines is 1. The molecule has 0 spiro atoms. The van der Waals surface area contributed by atoms with Crippen molar-refractivity contribution in [1.82, 2.24) is 4.98 Å². The fraction of sp³-hybridized carbons (Fsp3) is 0.273. The van der Waals surface area contributed by atoms with Crippen LogP contribution in [0.2, 0.25) is 0 Å². The molecule has 0 fully saturated rings. The van der Waals surface area contributed by atoms with Crippen molar-refractivity contribution < 1.29 is 9.90 Å². The van der Waals surface area contributed by atoms with E-state index in [4.69, 9.17) is 0 Å². The third-order valence-corrected chi connectivity index (χ3v) is 3.03. The van der Waals surface area contributed by atoms with Crippen LogP contribution in [0.4, 0.5) is 5.13 Å². The molecule has 0 bridgehead atoms. The Balaban J connectivity index is 2.23. The Morgan fingerprint density at radius 3 is 3.12 bits per heavy atom. The number of phenols is 1. The van der Waals surface area contributed by atoms with Gasteiger partial charge < -0.3 is 10.4 Å². The maximum absolute atomic E-state index is 11.4. The van der Waals surface area contributed by atoms with E-state index in [9.17, 15) is 9.90 Å². The average molecular weight is 236 g/mol. The molecule has 1 amide bonds. The van der Waals surface area contributed by atoms with Crippen molar-refractivity contribution in [2.75, 3.05) is 5.32 Å². The van der Waals surface area contributed by atoms with Gasteiger partial charge in [0.25, 0.3) is 0 Å². The number of phenolic OH excluding ortho intramolecular Hbond substituents is 1. The third kappa shape index (κ3) is 2.30. The Bertz CT molecular complexity index is 522. The number of aromatic nitrogens is 1. The third-order valence-electron chi connectivity index (χ3n) is 2.10. The molecule has 1 aromatic heterocycles. The van der Waals surface area contributed by atoms with Crippen molar-refractivity contribution in [1.29, 1.82) is 0 Å². The minimum Gasteiger partial charge on any atom is -0.508 e. The number of carbonyl (C=O) groups excluding carboxylic acids is 1. The molecule has 0 atom stereocenters. The van der Waals surface area contributed by atoms with Crippen LogP contribution in [0.1, 0.15) is 19.8 Å². The van der Waals surface area contributed by atoms with Gasteiger partial charge in [-0.25, -0.2) is 4.98 Å². The zero-order valence-corrected chi connectivity index (χ0v) is 9.67. The fourth-order valence-corrected chi connectivity index (χ4v) is 2.29. The maximum Gasteiger partial charge on any atom is 0.226 e. The van der Waals surface area contributed by atoms with Crippen LogP contribution < -0.4 is 5.32 Å². The SMILES string of the molecule is CCCC(=O)Nc1nc2ccc(O)cc2s1. The lowest BCUT2D eigenvalue weighted by Gasteiger charge is -1.97. The Morgan fingerprint density at radius 2 is 2.38 bits per heavy atom. The average Bonchev–Trinajstić information content (AvgIpc) is 2.59. The van der Waals surface area contributed by atoms with Crippen LogP contribution in [-0.2, 0) is 4.79 Å². The molecule has 84 valence electrons. The first-order valence-electron chi connectivity index (χ1n) is 5.08. The van der Waals surface area contributed by atoms with Crippen molar-refractivity contribution in [2.45, 2.75) is 19.8 Å². The summed E-state index contributed by atoms with van der Waals surface area (Å²) in [6.07, 6.45) is 1.32. The summed E-state index contributed by atoms with van der Waals surface area (Å²) in [5, 5.41) is 12.6. The second-order valence-corrected chi connectivity index (χ2v) is 4.50. The van der Waals surface area contributed by atoms with E-state index in [0.29, 0.717) is 11.6 Å². The van der Waals surface area contributed by atoms with E-state index in [1.807, 2.05) is 6.92 Å². The zero-order valence-electron chi connectivity index (χ0n) is 8.86. The minimum atomic E-state index is -0.0224. The molecule has 0 saturated heterocycles. The standard InChI is InChI=1S/C11H12N2O2S/c1-2-3-10(15)13-11-12-8-5-4-7(14)6-9(8)16-11/h4-6,14H,2-3H2,1H3,(H,12,13,15). The van der Waals surface area contributed by atoms with Gasteiger partial charge in [0.2, 0.25) is 5.91 Å². The summed E-state index contributed by atoms with van der Waals surface area (Å²) in [5.74, 6) is 0.188. The van der Waals surface area contributed by atoms with E-state index in [-0.39, 0.29) is 11.7 Å². The van der Waals surface area contributed by atoms with Gasteiger partial charge in [-0.2, -0.15) is 0 Å². The van der Waals surface area contributed by atoms with Gasteiger partial charge >= 0.3 is 0 Å². The van der Waals surface area contributed by atoms with Crippen LogP contribution in [0.5, 0.6) is 5.75 Å². The largest absolute Gasteiger partial charge is 0.508 e. The number of aromatic hydroxyl groups is 1. The van der Waals surface area contributed by atoms with E-state index >= 15 is 0 Å². The molecule has 0 radical (unpaired) electrons. The number of hydrogen-bond acceptors (Lipinski definition) is 4. The van der Waals surface area contributed by atoms with E-state index in [2.05, 4.69) is 10.3 Å². The van der Waals surface area contributed by atoms with Gasteiger partial charge in [-0.1, -0.05) is 18.3 Å². The van der Waals surface area contributed by atoms with Crippen molar-refractivity contribution >= 4 is 32.6 Å². The molecule has 1 heterocycles. The molecule has 0 saturated carbocycles. The molecule has 2 rings (SSSR count). The number of hydrogen-bond donors (Lipinski definition) is 2. The Hall–Kier alpha value is -1.62. The lowest BCUT2D eigenvalue weighted by Crippen LogP contribution is -2.09. The fourth-order valence-electron chi connectivity index (χ4n) is 1.38. The maximum atomic E-state index is 11.4. The van der Waals surface area contributed by atoms with Gasteiger partial charge in [0.15, 0.2) is 5.13 Å². The number of fused-ring (bicyclic) bond motifs is 1. The van der Waals surface area contributed by atoms with Gasteiger partial charge in [-0.15, -0.1) is 0 Å². The molecule has 0 unspecified atom stereocenters. The summed E-state index contributed by atoms with van der Waals surface area (Å²) in [7, 11) is 0. The van der Waals surface area contributed by atoms with Crippen LogP contribution in [0.15, 0.2) is 18.2 Å². The highest BCUT2D eigenvalue weighted by Crippen LogP contribution is 2.28. The predicted molar refractivity (Wildman–Crippen MR) is 64.8 cm³/mol. The first kappa shape index (κ1) is 10.9. The Morgan fingerprint density at radius 1 is 1.56 bits per heavy atom. The van der Waals surface area contributed by atoms with Crippen LogP contribution in [0.25, 0.3) is 10.2 Å². The molecule has 4 nitrogen and oxygen atoms in total. The molecule has 2 aromatic rings. The Kier molecular flexibility index (Phi) is 3.05. The zero-order chi connectivity index (χ0) is 11.5. The summed E-state index contributed by atoms with van der Waals surface area (Å²) >= 11 is 1.36.